The van der Waals surface area contributed by atoms with Gasteiger partial charge in [0.15, 0.2) is 0 Å². The number of carbonyl (C=O) groups is 1. The SMILES string of the molecule is Cl.O=C1N[C@H](c2ccc(Br)c(Br)c2)CO1. The number of hydrogen-bond donors (Lipinski definition) is 1. The van der Waals surface area contributed by atoms with Crippen LogP contribution in [0.1, 0.15) is 11.6 Å². The number of carbonyl (C=O) groups excluding carboxylic acids is 1. The van der Waals surface area contributed by atoms with Crippen molar-refractivity contribution in [1.82, 2.24) is 5.32 Å². The third kappa shape index (κ3) is 2.86. The molecule has 3 nitrogen and oxygen atoms in total. The van der Waals surface area contributed by atoms with Crippen molar-refractivity contribution in [2.24, 2.45) is 0 Å². The van der Waals surface area contributed by atoms with E-state index in [1.54, 1.807) is 0 Å². The normalized spacial score (nSPS) is 19.1. The Kier molecular flexibility index (Phi) is 4.43. The average Bonchev–Trinajstić information content (AvgIpc) is 2.57. The number of benzene rings is 1. The molecular weight excluding hydrogens is 349 g/mol. The first-order valence-electron chi connectivity index (χ1n) is 4.05. The lowest BCUT2D eigenvalue weighted by atomic mass is 10.1. The fraction of sp³-hybridized carbons (Fsp3) is 0.222. The van der Waals surface area contributed by atoms with Crippen LogP contribution in [0.3, 0.4) is 0 Å². The fourth-order valence-corrected chi connectivity index (χ4v) is 1.94. The van der Waals surface area contributed by atoms with Crippen LogP contribution in [0.5, 0.6) is 0 Å². The predicted molar refractivity (Wildman–Crippen MR) is 66.3 cm³/mol. The van der Waals surface area contributed by atoms with E-state index in [9.17, 15) is 4.79 Å². The third-order valence-corrected chi connectivity index (χ3v) is 3.90. The summed E-state index contributed by atoms with van der Waals surface area (Å²) in [7, 11) is 0. The molecule has 1 aromatic carbocycles. The first-order chi connectivity index (χ1) is 6.66. The lowest BCUT2D eigenvalue weighted by molar-refractivity contribution is 0.177. The number of hydrogen-bond acceptors (Lipinski definition) is 2. The van der Waals surface area contributed by atoms with Gasteiger partial charge in [0, 0.05) is 8.95 Å². The zero-order valence-corrected chi connectivity index (χ0v) is 11.5. The van der Waals surface area contributed by atoms with Crippen LogP contribution in [0.15, 0.2) is 27.1 Å². The maximum atomic E-state index is 10.8. The summed E-state index contributed by atoms with van der Waals surface area (Å²) in [6.45, 7) is 0.396. The van der Waals surface area contributed by atoms with Gasteiger partial charge in [-0.3, -0.25) is 0 Å². The van der Waals surface area contributed by atoms with Gasteiger partial charge in [-0.05, 0) is 49.6 Å². The van der Waals surface area contributed by atoms with Crippen LogP contribution in [0.4, 0.5) is 4.79 Å². The van der Waals surface area contributed by atoms with Crippen molar-refractivity contribution >= 4 is 50.4 Å². The van der Waals surface area contributed by atoms with E-state index in [1.807, 2.05) is 18.2 Å². The van der Waals surface area contributed by atoms with Crippen molar-refractivity contribution in [1.29, 1.82) is 0 Å². The van der Waals surface area contributed by atoms with Crippen LogP contribution in [0.25, 0.3) is 0 Å². The van der Waals surface area contributed by atoms with Crippen LogP contribution >= 0.6 is 44.3 Å². The van der Waals surface area contributed by atoms with E-state index in [0.717, 1.165) is 14.5 Å². The maximum Gasteiger partial charge on any atom is 0.407 e. The average molecular weight is 357 g/mol. The minimum absolute atomic E-state index is 0. The zero-order valence-electron chi connectivity index (χ0n) is 7.50. The largest absolute Gasteiger partial charge is 0.447 e. The summed E-state index contributed by atoms with van der Waals surface area (Å²) >= 11 is 6.79. The summed E-state index contributed by atoms with van der Waals surface area (Å²) in [4.78, 5) is 10.8. The van der Waals surface area contributed by atoms with E-state index in [0.29, 0.717) is 6.61 Å². The Bertz CT molecular complexity index is 386. The zero-order chi connectivity index (χ0) is 10.1. The Labute approximate surface area is 110 Å². The first kappa shape index (κ1) is 12.8. The lowest BCUT2D eigenvalue weighted by Gasteiger charge is -2.08. The summed E-state index contributed by atoms with van der Waals surface area (Å²) in [6.07, 6.45) is -0.353. The summed E-state index contributed by atoms with van der Waals surface area (Å²) in [5.41, 5.74) is 1.03. The van der Waals surface area contributed by atoms with Crippen LogP contribution in [-0.2, 0) is 4.74 Å². The molecule has 1 amide bonds. The maximum absolute atomic E-state index is 10.8. The van der Waals surface area contributed by atoms with Gasteiger partial charge in [-0.25, -0.2) is 4.79 Å². The first-order valence-corrected chi connectivity index (χ1v) is 5.63. The molecule has 1 fully saturated rings. The van der Waals surface area contributed by atoms with Crippen LogP contribution in [0, 0.1) is 0 Å². The molecule has 0 aromatic heterocycles. The predicted octanol–water partition coefficient (Wildman–Crippen LogP) is 3.41. The Balaban J connectivity index is 0.00000112. The van der Waals surface area contributed by atoms with Crippen molar-refractivity contribution in [3.63, 3.8) is 0 Å². The van der Waals surface area contributed by atoms with Gasteiger partial charge in [0.25, 0.3) is 0 Å². The second-order valence-corrected chi connectivity index (χ2v) is 4.68. The van der Waals surface area contributed by atoms with Gasteiger partial charge in [-0.1, -0.05) is 6.07 Å². The Morgan fingerprint density at radius 2 is 2.07 bits per heavy atom. The molecule has 0 spiro atoms. The van der Waals surface area contributed by atoms with Crippen LogP contribution < -0.4 is 5.32 Å². The molecule has 0 unspecified atom stereocenters. The summed E-state index contributed by atoms with van der Waals surface area (Å²) < 4.78 is 6.77. The minimum atomic E-state index is -0.353. The van der Waals surface area contributed by atoms with E-state index in [1.165, 1.54) is 0 Å². The number of nitrogens with one attached hydrogen (secondary N) is 1. The molecule has 1 aliphatic heterocycles. The quantitative estimate of drug-likeness (QED) is 0.836. The molecule has 1 aliphatic rings. The fourth-order valence-electron chi connectivity index (χ4n) is 1.29. The highest BCUT2D eigenvalue weighted by atomic mass is 79.9. The smallest absolute Gasteiger partial charge is 0.407 e. The van der Waals surface area contributed by atoms with Gasteiger partial charge in [0.05, 0.1) is 6.04 Å². The molecule has 1 atom stereocenters. The number of halogens is 3. The van der Waals surface area contributed by atoms with E-state index >= 15 is 0 Å². The van der Waals surface area contributed by atoms with Crippen molar-refractivity contribution in [3.05, 3.63) is 32.7 Å². The van der Waals surface area contributed by atoms with E-state index < -0.39 is 0 Å². The summed E-state index contributed by atoms with van der Waals surface area (Å²) in [6, 6.07) is 5.81. The van der Waals surface area contributed by atoms with Crippen LogP contribution in [-0.4, -0.2) is 12.7 Å². The summed E-state index contributed by atoms with van der Waals surface area (Å²) in [5.74, 6) is 0. The highest BCUT2D eigenvalue weighted by Gasteiger charge is 2.23. The second kappa shape index (κ2) is 5.18. The van der Waals surface area contributed by atoms with Gasteiger partial charge >= 0.3 is 6.09 Å². The van der Waals surface area contributed by atoms with Crippen molar-refractivity contribution < 1.29 is 9.53 Å². The molecule has 1 aromatic rings. The van der Waals surface area contributed by atoms with Crippen molar-refractivity contribution in [2.45, 2.75) is 6.04 Å². The molecule has 82 valence electrons. The minimum Gasteiger partial charge on any atom is -0.447 e. The molecule has 0 bridgehead atoms. The molecule has 0 radical (unpaired) electrons. The Morgan fingerprint density at radius 3 is 2.60 bits per heavy atom. The molecular formula is C9H8Br2ClNO2. The number of amides is 1. The topological polar surface area (TPSA) is 38.3 Å². The van der Waals surface area contributed by atoms with Crippen molar-refractivity contribution in [2.75, 3.05) is 6.61 Å². The molecule has 1 N–H and O–H groups in total. The van der Waals surface area contributed by atoms with E-state index in [-0.39, 0.29) is 24.5 Å². The van der Waals surface area contributed by atoms with Gasteiger partial charge in [-0.2, -0.15) is 0 Å². The van der Waals surface area contributed by atoms with Crippen LogP contribution in [0.2, 0.25) is 0 Å². The lowest BCUT2D eigenvalue weighted by Crippen LogP contribution is -2.18. The van der Waals surface area contributed by atoms with Gasteiger partial charge in [-0.15, -0.1) is 12.4 Å². The monoisotopic (exact) mass is 355 g/mol. The number of cyclic esters (lactones) is 1. The number of ether oxygens (including phenoxy) is 1. The van der Waals surface area contributed by atoms with Gasteiger partial charge in [0.1, 0.15) is 6.61 Å². The highest BCUT2D eigenvalue weighted by molar-refractivity contribution is 9.13. The van der Waals surface area contributed by atoms with E-state index in [2.05, 4.69) is 37.2 Å². The molecule has 1 saturated heterocycles. The third-order valence-electron chi connectivity index (χ3n) is 2.02. The standard InChI is InChI=1S/C9H7Br2NO2.ClH/c10-6-2-1-5(3-7(6)11)8-4-14-9(13)12-8;/h1-3,8H,4H2,(H,12,13);1H/t8-;/m0./s1. The number of alkyl carbamates (subject to hydrolysis) is 1. The van der Waals surface area contributed by atoms with Crippen molar-refractivity contribution in [3.8, 4) is 0 Å². The summed E-state index contributed by atoms with van der Waals surface area (Å²) in [5, 5.41) is 2.72. The second-order valence-electron chi connectivity index (χ2n) is 2.97. The van der Waals surface area contributed by atoms with Gasteiger partial charge < -0.3 is 10.1 Å². The molecule has 1 heterocycles. The Morgan fingerprint density at radius 1 is 1.33 bits per heavy atom. The molecule has 6 heteroatoms. The van der Waals surface area contributed by atoms with E-state index in [4.69, 9.17) is 4.74 Å². The molecule has 0 aliphatic carbocycles. The number of rotatable bonds is 1. The Hall–Kier alpha value is -0.260. The molecule has 0 saturated carbocycles. The molecule has 15 heavy (non-hydrogen) atoms. The molecule has 2 rings (SSSR count). The highest BCUT2D eigenvalue weighted by Crippen LogP contribution is 2.27. The van der Waals surface area contributed by atoms with Gasteiger partial charge in [0.2, 0.25) is 0 Å².